The molecule has 1 spiro atoms. The van der Waals surface area contributed by atoms with Crippen LogP contribution >= 0.6 is 0 Å². The van der Waals surface area contributed by atoms with Crippen molar-refractivity contribution in [1.29, 1.82) is 0 Å². The van der Waals surface area contributed by atoms with Crippen molar-refractivity contribution in [2.24, 2.45) is 5.41 Å². The van der Waals surface area contributed by atoms with E-state index in [1.807, 2.05) is 37.3 Å². The molecule has 1 aromatic carbocycles. The minimum Gasteiger partial charge on any atom is -0.463 e. The molecule has 1 unspecified atom stereocenters. The highest BCUT2D eigenvalue weighted by Crippen LogP contribution is 2.40. The number of rotatable bonds is 5. The second kappa shape index (κ2) is 8.45. The highest BCUT2D eigenvalue weighted by molar-refractivity contribution is 5.97. The third-order valence-electron chi connectivity index (χ3n) is 5.30. The Labute approximate surface area is 155 Å². The normalized spacial score (nSPS) is 24.7. The van der Waals surface area contributed by atoms with Gasteiger partial charge in [0.15, 0.2) is 5.78 Å². The molecule has 1 aliphatic carbocycles. The maximum atomic E-state index is 12.5. The van der Waals surface area contributed by atoms with Crippen LogP contribution in [0.4, 0.5) is 0 Å². The van der Waals surface area contributed by atoms with E-state index >= 15 is 0 Å². The first-order valence-electron chi connectivity index (χ1n) is 9.47. The van der Waals surface area contributed by atoms with E-state index in [9.17, 15) is 9.59 Å². The van der Waals surface area contributed by atoms with Crippen LogP contribution in [0, 0.1) is 5.41 Å². The first-order valence-corrected chi connectivity index (χ1v) is 9.47. The van der Waals surface area contributed by atoms with E-state index in [1.165, 1.54) is 0 Å². The summed E-state index contributed by atoms with van der Waals surface area (Å²) in [5.41, 5.74) is 1.94. The summed E-state index contributed by atoms with van der Waals surface area (Å²) in [5.74, 6) is -0.0767. The van der Waals surface area contributed by atoms with Crippen LogP contribution in [-0.4, -0.2) is 42.9 Å². The quantitative estimate of drug-likeness (QED) is 0.459. The summed E-state index contributed by atoms with van der Waals surface area (Å²) in [6, 6.07) is 9.52. The van der Waals surface area contributed by atoms with Gasteiger partial charge in [0.05, 0.1) is 13.2 Å². The molecule has 1 heterocycles. The van der Waals surface area contributed by atoms with Crippen LogP contribution in [-0.2, 0) is 9.53 Å². The first-order chi connectivity index (χ1) is 12.6. The number of esters is 1. The van der Waals surface area contributed by atoms with Gasteiger partial charge in [0.1, 0.15) is 0 Å². The number of nitrogens with zero attached hydrogens (tertiary/aromatic N) is 1. The van der Waals surface area contributed by atoms with E-state index < -0.39 is 0 Å². The molecule has 0 aromatic heterocycles. The fourth-order valence-electron chi connectivity index (χ4n) is 3.95. The van der Waals surface area contributed by atoms with Gasteiger partial charge in [-0.1, -0.05) is 42.5 Å². The molecule has 1 saturated heterocycles. The fourth-order valence-corrected chi connectivity index (χ4v) is 3.95. The van der Waals surface area contributed by atoms with Crippen molar-refractivity contribution < 1.29 is 14.3 Å². The summed E-state index contributed by atoms with van der Waals surface area (Å²) < 4.78 is 4.99. The number of likely N-dealkylation sites (tertiary alicyclic amines) is 1. The van der Waals surface area contributed by atoms with Gasteiger partial charge in [-0.05, 0) is 44.7 Å². The van der Waals surface area contributed by atoms with Gasteiger partial charge in [-0.2, -0.15) is 0 Å². The van der Waals surface area contributed by atoms with Crippen LogP contribution in [0.2, 0.25) is 0 Å². The molecule has 0 N–H and O–H groups in total. The Hall–Kier alpha value is -2.20. The number of hydrogen-bond donors (Lipinski definition) is 0. The predicted octanol–water partition coefficient (Wildman–Crippen LogP) is 3.79. The molecule has 1 fully saturated rings. The number of allylic oxidation sites excluding steroid dienone is 2. The van der Waals surface area contributed by atoms with Gasteiger partial charge >= 0.3 is 5.97 Å². The van der Waals surface area contributed by atoms with E-state index in [2.05, 4.69) is 17.1 Å². The second-order valence-corrected chi connectivity index (χ2v) is 7.27. The third kappa shape index (κ3) is 4.70. The number of piperidine rings is 1. The lowest BCUT2D eigenvalue weighted by Gasteiger charge is -2.42. The van der Waals surface area contributed by atoms with Gasteiger partial charge < -0.3 is 4.74 Å². The molecule has 0 saturated carbocycles. The van der Waals surface area contributed by atoms with E-state index in [0.717, 1.165) is 49.9 Å². The average molecular weight is 353 g/mol. The van der Waals surface area contributed by atoms with Gasteiger partial charge in [0.2, 0.25) is 0 Å². The Morgan fingerprint density at radius 1 is 1.23 bits per heavy atom. The number of Topliss-reactive ketones (excluding diaryl/α,β-unsaturated/α-hetero) is 1. The van der Waals surface area contributed by atoms with Crippen LogP contribution in [0.3, 0.4) is 0 Å². The summed E-state index contributed by atoms with van der Waals surface area (Å²) in [6.45, 7) is 4.58. The number of carbonyl (C=O) groups excluding carboxylic acids is 2. The highest BCUT2D eigenvalue weighted by atomic mass is 16.5. The van der Waals surface area contributed by atoms with E-state index in [-0.39, 0.29) is 17.2 Å². The lowest BCUT2D eigenvalue weighted by molar-refractivity contribution is -0.137. The van der Waals surface area contributed by atoms with Gasteiger partial charge in [0, 0.05) is 23.6 Å². The lowest BCUT2D eigenvalue weighted by Crippen LogP contribution is -2.45. The van der Waals surface area contributed by atoms with Crippen LogP contribution < -0.4 is 0 Å². The highest BCUT2D eigenvalue weighted by Gasteiger charge is 2.35. The monoisotopic (exact) mass is 353 g/mol. The molecule has 0 bridgehead atoms. The first kappa shape index (κ1) is 18.6. The zero-order valence-electron chi connectivity index (χ0n) is 15.4. The maximum Gasteiger partial charge on any atom is 0.331 e. The van der Waals surface area contributed by atoms with Crippen molar-refractivity contribution in [3.63, 3.8) is 0 Å². The van der Waals surface area contributed by atoms with Crippen molar-refractivity contribution in [3.05, 3.63) is 59.7 Å². The van der Waals surface area contributed by atoms with Gasteiger partial charge in [-0.3, -0.25) is 9.69 Å². The molecule has 2 aliphatic rings. The maximum absolute atomic E-state index is 12.5. The van der Waals surface area contributed by atoms with Gasteiger partial charge in [-0.25, -0.2) is 4.79 Å². The number of benzene rings is 1. The predicted molar refractivity (Wildman–Crippen MR) is 102 cm³/mol. The van der Waals surface area contributed by atoms with Crippen molar-refractivity contribution in [3.8, 4) is 0 Å². The Balaban J connectivity index is 1.62. The SMILES string of the molecule is CCOC(=O)C=C1C=CC2(CCCN(CC(=O)c3ccccc3)C2)CC1. The minimum absolute atomic E-state index is 0.126. The van der Waals surface area contributed by atoms with Gasteiger partial charge in [0.25, 0.3) is 0 Å². The molecular weight excluding hydrogens is 326 g/mol. The van der Waals surface area contributed by atoms with Gasteiger partial charge in [-0.15, -0.1) is 0 Å². The number of carbonyl (C=O) groups is 2. The van der Waals surface area contributed by atoms with Crippen molar-refractivity contribution in [1.82, 2.24) is 4.90 Å². The number of hydrogen-bond acceptors (Lipinski definition) is 4. The summed E-state index contributed by atoms with van der Waals surface area (Å²) in [7, 11) is 0. The Morgan fingerprint density at radius 2 is 2.04 bits per heavy atom. The summed E-state index contributed by atoms with van der Waals surface area (Å²) in [6.07, 6.45) is 10.1. The second-order valence-electron chi connectivity index (χ2n) is 7.27. The molecule has 3 rings (SSSR count). The molecule has 0 amide bonds. The summed E-state index contributed by atoms with van der Waals surface area (Å²) >= 11 is 0. The molecule has 0 radical (unpaired) electrons. The van der Waals surface area contributed by atoms with E-state index in [0.29, 0.717) is 13.2 Å². The van der Waals surface area contributed by atoms with E-state index in [1.54, 1.807) is 6.08 Å². The molecular formula is C22H27NO3. The molecule has 138 valence electrons. The zero-order valence-corrected chi connectivity index (χ0v) is 15.4. The molecule has 26 heavy (non-hydrogen) atoms. The number of ether oxygens (including phenoxy) is 1. The Morgan fingerprint density at radius 3 is 2.73 bits per heavy atom. The molecule has 1 atom stereocenters. The minimum atomic E-state index is -0.262. The van der Waals surface area contributed by atoms with Crippen LogP contribution in [0.25, 0.3) is 0 Å². The Bertz CT molecular complexity index is 707. The molecule has 1 aliphatic heterocycles. The third-order valence-corrected chi connectivity index (χ3v) is 5.30. The zero-order chi connectivity index (χ0) is 18.4. The topological polar surface area (TPSA) is 46.6 Å². The van der Waals surface area contributed by atoms with Crippen LogP contribution in [0.1, 0.15) is 43.0 Å². The lowest BCUT2D eigenvalue weighted by atomic mass is 9.72. The fraction of sp³-hybridized carbons (Fsp3) is 0.455. The van der Waals surface area contributed by atoms with E-state index in [4.69, 9.17) is 4.74 Å². The Kier molecular flexibility index (Phi) is 6.04. The summed E-state index contributed by atoms with van der Waals surface area (Å²) in [4.78, 5) is 26.4. The average Bonchev–Trinajstić information content (AvgIpc) is 2.65. The molecule has 4 nitrogen and oxygen atoms in total. The number of ketones is 1. The van der Waals surface area contributed by atoms with Crippen LogP contribution in [0.5, 0.6) is 0 Å². The molecule has 1 aromatic rings. The largest absolute Gasteiger partial charge is 0.463 e. The van der Waals surface area contributed by atoms with Crippen molar-refractivity contribution in [2.75, 3.05) is 26.2 Å². The van der Waals surface area contributed by atoms with Crippen molar-refractivity contribution in [2.45, 2.75) is 32.6 Å². The molecule has 4 heteroatoms. The standard InChI is InChI=1S/C22H27NO3/c1-2-26-21(25)15-18-9-12-22(13-10-18)11-6-14-23(17-22)16-20(24)19-7-4-3-5-8-19/h3-5,7-9,12,15H,2,6,10-11,13-14,16-17H2,1H3. The van der Waals surface area contributed by atoms with Crippen LogP contribution in [0.15, 0.2) is 54.1 Å². The summed E-state index contributed by atoms with van der Waals surface area (Å²) in [5, 5.41) is 0. The smallest absolute Gasteiger partial charge is 0.331 e. The van der Waals surface area contributed by atoms with Crippen molar-refractivity contribution >= 4 is 11.8 Å².